The van der Waals surface area contributed by atoms with Crippen molar-refractivity contribution in [1.29, 1.82) is 0 Å². The number of carbonyl (C=O) groups excluding carboxylic acids is 2. The standard InChI is InChI=1S/C21H31N3O3.ClH/c1-23-19(25)9-8-18(20(23)16-6-3-2-4-7-16)21(26)24-13-10-17(11-14-24)27-15-5-12-22;/h2-4,6-7,17-18,20H,5,8-15,22H2,1H3;1H. The molecule has 2 aliphatic heterocycles. The molecule has 3 rings (SSSR count). The predicted octanol–water partition coefficient (Wildman–Crippen LogP) is 2.37. The lowest BCUT2D eigenvalue weighted by Crippen LogP contribution is -2.50. The number of hydrogen-bond acceptors (Lipinski definition) is 4. The SMILES string of the molecule is CN1C(=O)CCC(C(=O)N2CCC(OCCCN)CC2)C1c1ccccc1.Cl. The van der Waals surface area contributed by atoms with Crippen LogP contribution in [0.3, 0.4) is 0 Å². The molecular weight excluding hydrogens is 378 g/mol. The number of piperidine rings is 2. The summed E-state index contributed by atoms with van der Waals surface area (Å²) < 4.78 is 5.85. The Morgan fingerprint density at radius 3 is 2.50 bits per heavy atom. The van der Waals surface area contributed by atoms with Crippen molar-refractivity contribution in [2.45, 2.75) is 44.2 Å². The second kappa shape index (κ2) is 10.8. The first-order valence-corrected chi connectivity index (χ1v) is 10.0. The van der Waals surface area contributed by atoms with E-state index in [4.69, 9.17) is 10.5 Å². The minimum Gasteiger partial charge on any atom is -0.378 e. The van der Waals surface area contributed by atoms with E-state index in [0.717, 1.165) is 37.9 Å². The summed E-state index contributed by atoms with van der Waals surface area (Å²) in [5, 5.41) is 0. The lowest BCUT2D eigenvalue weighted by molar-refractivity contribution is -0.148. The molecule has 2 aliphatic rings. The number of benzene rings is 1. The molecule has 1 aromatic rings. The number of hydrogen-bond donors (Lipinski definition) is 1. The first-order chi connectivity index (χ1) is 13.1. The third kappa shape index (κ3) is 5.25. The highest BCUT2D eigenvalue weighted by molar-refractivity contribution is 5.85. The molecule has 7 heteroatoms. The predicted molar refractivity (Wildman–Crippen MR) is 111 cm³/mol. The minimum absolute atomic E-state index is 0. The molecule has 2 saturated heterocycles. The average Bonchev–Trinajstić information content (AvgIpc) is 2.71. The first kappa shape index (κ1) is 22.7. The minimum atomic E-state index is -0.182. The summed E-state index contributed by atoms with van der Waals surface area (Å²) in [6.07, 6.45) is 3.90. The Morgan fingerprint density at radius 2 is 1.86 bits per heavy atom. The normalized spacial score (nSPS) is 23.4. The maximum absolute atomic E-state index is 13.3. The molecule has 156 valence electrons. The van der Waals surface area contributed by atoms with Crippen LogP contribution in [-0.4, -0.2) is 61.0 Å². The van der Waals surface area contributed by atoms with E-state index >= 15 is 0 Å². The lowest BCUT2D eigenvalue weighted by Gasteiger charge is -2.42. The van der Waals surface area contributed by atoms with Crippen molar-refractivity contribution >= 4 is 24.2 Å². The van der Waals surface area contributed by atoms with Gasteiger partial charge in [0.25, 0.3) is 0 Å². The number of nitrogens with zero attached hydrogens (tertiary/aromatic N) is 2. The maximum atomic E-state index is 13.3. The molecule has 6 nitrogen and oxygen atoms in total. The second-order valence-electron chi connectivity index (χ2n) is 7.54. The number of nitrogens with two attached hydrogens (primary N) is 1. The van der Waals surface area contributed by atoms with Gasteiger partial charge in [-0.2, -0.15) is 0 Å². The summed E-state index contributed by atoms with van der Waals surface area (Å²) in [5.41, 5.74) is 6.54. The first-order valence-electron chi connectivity index (χ1n) is 10.0. The fourth-order valence-corrected chi connectivity index (χ4v) is 4.21. The second-order valence-corrected chi connectivity index (χ2v) is 7.54. The molecule has 2 N–H and O–H groups in total. The third-order valence-corrected chi connectivity index (χ3v) is 5.77. The molecule has 2 fully saturated rings. The van der Waals surface area contributed by atoms with Crippen molar-refractivity contribution in [1.82, 2.24) is 9.80 Å². The van der Waals surface area contributed by atoms with Crippen molar-refractivity contribution in [3.63, 3.8) is 0 Å². The van der Waals surface area contributed by atoms with Gasteiger partial charge in [-0.25, -0.2) is 0 Å². The zero-order valence-electron chi connectivity index (χ0n) is 16.6. The monoisotopic (exact) mass is 409 g/mol. The van der Waals surface area contributed by atoms with Gasteiger partial charge >= 0.3 is 0 Å². The van der Waals surface area contributed by atoms with E-state index in [2.05, 4.69) is 0 Å². The summed E-state index contributed by atoms with van der Waals surface area (Å²) in [6.45, 7) is 2.79. The number of rotatable bonds is 6. The topological polar surface area (TPSA) is 75.9 Å². The number of halogens is 1. The highest BCUT2D eigenvalue weighted by atomic mass is 35.5. The van der Waals surface area contributed by atoms with Gasteiger partial charge in [-0.1, -0.05) is 30.3 Å². The van der Waals surface area contributed by atoms with E-state index in [1.54, 1.807) is 4.90 Å². The van der Waals surface area contributed by atoms with E-state index in [0.29, 0.717) is 26.0 Å². The van der Waals surface area contributed by atoms with Gasteiger partial charge in [0.15, 0.2) is 0 Å². The molecule has 2 unspecified atom stereocenters. The molecule has 0 aliphatic carbocycles. The molecule has 0 saturated carbocycles. The van der Waals surface area contributed by atoms with Crippen molar-refractivity contribution < 1.29 is 14.3 Å². The van der Waals surface area contributed by atoms with E-state index in [1.165, 1.54) is 0 Å². The van der Waals surface area contributed by atoms with Gasteiger partial charge < -0.3 is 20.3 Å². The van der Waals surface area contributed by atoms with Crippen molar-refractivity contribution in [2.24, 2.45) is 11.7 Å². The zero-order valence-corrected chi connectivity index (χ0v) is 17.4. The number of ether oxygens (including phenoxy) is 1. The van der Waals surface area contributed by atoms with E-state index in [9.17, 15) is 9.59 Å². The average molecular weight is 410 g/mol. The van der Waals surface area contributed by atoms with Crippen LogP contribution in [0, 0.1) is 5.92 Å². The van der Waals surface area contributed by atoms with Gasteiger partial charge in [-0.15, -0.1) is 12.4 Å². The van der Waals surface area contributed by atoms with Crippen LogP contribution in [0.5, 0.6) is 0 Å². The Hall–Kier alpha value is -1.63. The van der Waals surface area contributed by atoms with Crippen molar-refractivity contribution in [3.8, 4) is 0 Å². The van der Waals surface area contributed by atoms with Gasteiger partial charge in [-0.05, 0) is 37.8 Å². The van der Waals surface area contributed by atoms with Crippen molar-refractivity contribution in [2.75, 3.05) is 33.3 Å². The summed E-state index contributed by atoms with van der Waals surface area (Å²) in [5.74, 6) is 0.105. The van der Waals surface area contributed by atoms with Crippen molar-refractivity contribution in [3.05, 3.63) is 35.9 Å². The van der Waals surface area contributed by atoms with Crippen LogP contribution in [0.25, 0.3) is 0 Å². The largest absolute Gasteiger partial charge is 0.378 e. The molecule has 2 amide bonds. The zero-order chi connectivity index (χ0) is 19.2. The Morgan fingerprint density at radius 1 is 1.18 bits per heavy atom. The quantitative estimate of drug-likeness (QED) is 0.732. The van der Waals surface area contributed by atoms with E-state index in [1.807, 2.05) is 42.3 Å². The van der Waals surface area contributed by atoms with Crippen LogP contribution in [0.4, 0.5) is 0 Å². The molecule has 2 atom stereocenters. The molecule has 2 heterocycles. The Balaban J connectivity index is 0.00000280. The smallest absolute Gasteiger partial charge is 0.228 e. The lowest BCUT2D eigenvalue weighted by atomic mass is 9.83. The molecule has 0 spiro atoms. The van der Waals surface area contributed by atoms with E-state index in [-0.39, 0.29) is 42.3 Å². The van der Waals surface area contributed by atoms with Crippen LogP contribution >= 0.6 is 12.4 Å². The third-order valence-electron chi connectivity index (χ3n) is 5.77. The van der Waals surface area contributed by atoms with Gasteiger partial charge in [0.1, 0.15) is 0 Å². The van der Waals surface area contributed by atoms with Crippen LogP contribution in [0.2, 0.25) is 0 Å². The van der Waals surface area contributed by atoms with Gasteiger partial charge in [0.2, 0.25) is 11.8 Å². The Bertz CT molecular complexity index is 635. The van der Waals surface area contributed by atoms with E-state index < -0.39 is 0 Å². The fraction of sp³-hybridized carbons (Fsp3) is 0.619. The Labute approximate surface area is 173 Å². The molecule has 0 aromatic heterocycles. The van der Waals surface area contributed by atoms with Gasteiger partial charge in [0.05, 0.1) is 18.1 Å². The molecule has 1 aromatic carbocycles. The summed E-state index contributed by atoms with van der Waals surface area (Å²) >= 11 is 0. The number of likely N-dealkylation sites (tertiary alicyclic amines) is 2. The highest BCUT2D eigenvalue weighted by Crippen LogP contribution is 2.37. The maximum Gasteiger partial charge on any atom is 0.228 e. The summed E-state index contributed by atoms with van der Waals surface area (Å²) in [7, 11) is 1.82. The summed E-state index contributed by atoms with van der Waals surface area (Å²) in [4.78, 5) is 29.3. The molecule has 28 heavy (non-hydrogen) atoms. The Kier molecular flexibility index (Phi) is 8.73. The number of amides is 2. The van der Waals surface area contributed by atoms with Crippen LogP contribution < -0.4 is 5.73 Å². The number of carbonyl (C=O) groups is 2. The molecule has 0 radical (unpaired) electrons. The summed E-state index contributed by atoms with van der Waals surface area (Å²) in [6, 6.07) is 9.73. The van der Waals surface area contributed by atoms with Crippen LogP contribution in [0.1, 0.15) is 43.7 Å². The van der Waals surface area contributed by atoms with Crippen LogP contribution in [0.15, 0.2) is 30.3 Å². The van der Waals surface area contributed by atoms with Crippen LogP contribution in [-0.2, 0) is 14.3 Å². The highest BCUT2D eigenvalue weighted by Gasteiger charge is 2.41. The molecular formula is C21H32ClN3O3. The fourth-order valence-electron chi connectivity index (χ4n) is 4.21. The van der Waals surface area contributed by atoms with Gasteiger partial charge in [0, 0.05) is 33.2 Å². The van der Waals surface area contributed by atoms with Gasteiger partial charge in [-0.3, -0.25) is 9.59 Å². The molecule has 0 bridgehead atoms.